The van der Waals surface area contributed by atoms with Gasteiger partial charge in [-0.05, 0) is 31.5 Å². The SMILES string of the molecule is CCn1c(SCC(=O)Nc2nc3ccccc3s2)nnc1-c1ccccc1C. The maximum atomic E-state index is 12.4. The zero-order valence-corrected chi connectivity index (χ0v) is 17.2. The summed E-state index contributed by atoms with van der Waals surface area (Å²) in [5.74, 6) is 0.976. The number of carbonyl (C=O) groups is 1. The van der Waals surface area contributed by atoms with Crippen molar-refractivity contribution in [2.75, 3.05) is 11.1 Å². The first-order valence-electron chi connectivity index (χ1n) is 8.93. The summed E-state index contributed by atoms with van der Waals surface area (Å²) in [5.41, 5.74) is 3.10. The first-order chi connectivity index (χ1) is 13.7. The first-order valence-corrected chi connectivity index (χ1v) is 10.7. The minimum absolute atomic E-state index is 0.104. The summed E-state index contributed by atoms with van der Waals surface area (Å²) >= 11 is 2.85. The van der Waals surface area contributed by atoms with Crippen LogP contribution in [-0.4, -0.2) is 31.4 Å². The highest BCUT2D eigenvalue weighted by molar-refractivity contribution is 7.99. The number of thioether (sulfide) groups is 1. The van der Waals surface area contributed by atoms with Gasteiger partial charge in [-0.3, -0.25) is 4.79 Å². The van der Waals surface area contributed by atoms with Gasteiger partial charge in [-0.2, -0.15) is 0 Å². The molecule has 28 heavy (non-hydrogen) atoms. The predicted octanol–water partition coefficient (Wildman–Crippen LogP) is 4.61. The lowest BCUT2D eigenvalue weighted by Crippen LogP contribution is -2.14. The van der Waals surface area contributed by atoms with Crippen molar-refractivity contribution in [3.05, 3.63) is 54.1 Å². The topological polar surface area (TPSA) is 72.7 Å². The Morgan fingerprint density at radius 2 is 1.93 bits per heavy atom. The number of nitrogens with zero attached hydrogens (tertiary/aromatic N) is 4. The predicted molar refractivity (Wildman–Crippen MR) is 115 cm³/mol. The van der Waals surface area contributed by atoms with Crippen LogP contribution in [0.25, 0.3) is 21.6 Å². The Hall–Kier alpha value is -2.71. The van der Waals surface area contributed by atoms with E-state index in [0.717, 1.165) is 38.9 Å². The number of carbonyl (C=O) groups excluding carboxylic acids is 1. The molecule has 0 aliphatic carbocycles. The van der Waals surface area contributed by atoms with E-state index in [2.05, 4.69) is 40.4 Å². The fourth-order valence-corrected chi connectivity index (χ4v) is 4.60. The van der Waals surface area contributed by atoms with Crippen molar-refractivity contribution >= 4 is 44.4 Å². The molecule has 0 spiro atoms. The molecule has 0 fully saturated rings. The fraction of sp³-hybridized carbons (Fsp3) is 0.200. The highest BCUT2D eigenvalue weighted by Gasteiger charge is 2.16. The smallest absolute Gasteiger partial charge is 0.236 e. The minimum atomic E-state index is -0.104. The highest BCUT2D eigenvalue weighted by atomic mass is 32.2. The third-order valence-corrected chi connectivity index (χ3v) is 6.21. The standard InChI is InChI=1S/C20H19N5OS2/c1-3-25-18(14-9-5-4-8-13(14)2)23-24-20(25)27-12-17(26)22-19-21-15-10-6-7-11-16(15)28-19/h4-11H,3,12H2,1-2H3,(H,21,22,26). The molecule has 0 aliphatic rings. The van der Waals surface area contributed by atoms with Crippen LogP contribution >= 0.6 is 23.1 Å². The molecule has 4 rings (SSSR count). The molecule has 2 aromatic heterocycles. The molecule has 0 bridgehead atoms. The molecule has 6 nitrogen and oxygen atoms in total. The molecule has 0 saturated heterocycles. The van der Waals surface area contributed by atoms with Crippen molar-refractivity contribution in [2.45, 2.75) is 25.5 Å². The van der Waals surface area contributed by atoms with Gasteiger partial charge in [0.25, 0.3) is 0 Å². The second-order valence-corrected chi connectivity index (χ2v) is 8.16. The van der Waals surface area contributed by atoms with Gasteiger partial charge in [0.2, 0.25) is 5.91 Å². The Morgan fingerprint density at radius 1 is 1.14 bits per heavy atom. The molecule has 0 aliphatic heterocycles. The van der Waals surface area contributed by atoms with Gasteiger partial charge >= 0.3 is 0 Å². The number of amides is 1. The molecule has 0 unspecified atom stereocenters. The Balaban J connectivity index is 1.46. The van der Waals surface area contributed by atoms with E-state index in [4.69, 9.17) is 0 Å². The Kier molecular flexibility index (Phi) is 5.40. The molecule has 0 atom stereocenters. The molecule has 0 radical (unpaired) electrons. The van der Waals surface area contributed by atoms with Gasteiger partial charge in [0.05, 0.1) is 16.0 Å². The largest absolute Gasteiger partial charge is 0.302 e. The molecule has 2 aromatic carbocycles. The Bertz CT molecular complexity index is 1100. The number of rotatable bonds is 6. The van der Waals surface area contributed by atoms with Crippen molar-refractivity contribution < 1.29 is 4.79 Å². The van der Waals surface area contributed by atoms with Crippen molar-refractivity contribution in [3.63, 3.8) is 0 Å². The number of fused-ring (bicyclic) bond motifs is 1. The molecule has 0 saturated carbocycles. The summed E-state index contributed by atoms with van der Waals surface area (Å²) in [4.78, 5) is 16.8. The average Bonchev–Trinajstić information content (AvgIpc) is 3.29. The number of para-hydroxylation sites is 1. The number of nitrogens with one attached hydrogen (secondary N) is 1. The Morgan fingerprint density at radius 3 is 2.71 bits per heavy atom. The van der Waals surface area contributed by atoms with Gasteiger partial charge in [-0.1, -0.05) is 59.5 Å². The maximum Gasteiger partial charge on any atom is 0.236 e. The number of hydrogen-bond acceptors (Lipinski definition) is 6. The van der Waals surface area contributed by atoms with E-state index in [1.54, 1.807) is 0 Å². The third-order valence-electron chi connectivity index (χ3n) is 4.29. The van der Waals surface area contributed by atoms with Gasteiger partial charge in [0.1, 0.15) is 0 Å². The van der Waals surface area contributed by atoms with Crippen molar-refractivity contribution in [3.8, 4) is 11.4 Å². The number of benzene rings is 2. The van der Waals surface area contributed by atoms with Crippen LogP contribution in [0.1, 0.15) is 12.5 Å². The van der Waals surface area contributed by atoms with Crippen LogP contribution in [0, 0.1) is 6.92 Å². The van der Waals surface area contributed by atoms with Crippen LogP contribution in [0.4, 0.5) is 5.13 Å². The summed E-state index contributed by atoms with van der Waals surface area (Å²) in [7, 11) is 0. The molecule has 4 aromatic rings. The number of hydrogen-bond donors (Lipinski definition) is 1. The Labute approximate surface area is 171 Å². The molecule has 1 N–H and O–H groups in total. The normalized spacial score (nSPS) is 11.1. The number of aryl methyl sites for hydroxylation is 1. The fourth-order valence-electron chi connectivity index (χ4n) is 2.91. The number of aromatic nitrogens is 4. The highest BCUT2D eigenvalue weighted by Crippen LogP contribution is 2.27. The van der Waals surface area contributed by atoms with E-state index in [0.29, 0.717) is 5.13 Å². The van der Waals surface area contributed by atoms with Crippen LogP contribution in [0.3, 0.4) is 0 Å². The van der Waals surface area contributed by atoms with E-state index < -0.39 is 0 Å². The van der Waals surface area contributed by atoms with E-state index >= 15 is 0 Å². The van der Waals surface area contributed by atoms with Crippen LogP contribution in [0.2, 0.25) is 0 Å². The first kappa shape index (κ1) is 18.6. The molecule has 8 heteroatoms. The maximum absolute atomic E-state index is 12.4. The summed E-state index contributed by atoms with van der Waals surface area (Å²) in [6.45, 7) is 4.84. The summed E-state index contributed by atoms with van der Waals surface area (Å²) in [5, 5.41) is 12.9. The third kappa shape index (κ3) is 3.79. The van der Waals surface area contributed by atoms with E-state index in [9.17, 15) is 4.79 Å². The summed E-state index contributed by atoms with van der Waals surface area (Å²) < 4.78 is 3.09. The second-order valence-electron chi connectivity index (χ2n) is 6.19. The minimum Gasteiger partial charge on any atom is -0.302 e. The van der Waals surface area contributed by atoms with Gasteiger partial charge < -0.3 is 9.88 Å². The molecular formula is C20H19N5OS2. The van der Waals surface area contributed by atoms with E-state index in [-0.39, 0.29) is 11.7 Å². The van der Waals surface area contributed by atoms with E-state index in [1.807, 2.05) is 47.0 Å². The van der Waals surface area contributed by atoms with Crippen LogP contribution in [0.5, 0.6) is 0 Å². The van der Waals surface area contributed by atoms with Gasteiger partial charge in [-0.25, -0.2) is 4.98 Å². The monoisotopic (exact) mass is 409 g/mol. The van der Waals surface area contributed by atoms with Gasteiger partial charge in [-0.15, -0.1) is 10.2 Å². The van der Waals surface area contributed by atoms with Gasteiger partial charge in [0.15, 0.2) is 16.1 Å². The lowest BCUT2D eigenvalue weighted by atomic mass is 10.1. The quantitative estimate of drug-likeness (QED) is 0.471. The summed E-state index contributed by atoms with van der Waals surface area (Å²) in [6.07, 6.45) is 0. The van der Waals surface area contributed by atoms with Crippen molar-refractivity contribution in [2.24, 2.45) is 0 Å². The molecule has 142 valence electrons. The molecule has 2 heterocycles. The zero-order valence-electron chi connectivity index (χ0n) is 15.5. The molecule has 1 amide bonds. The summed E-state index contributed by atoms with van der Waals surface area (Å²) in [6, 6.07) is 15.9. The number of thiazole rings is 1. The second kappa shape index (κ2) is 8.12. The van der Waals surface area contributed by atoms with Crippen molar-refractivity contribution in [1.29, 1.82) is 0 Å². The van der Waals surface area contributed by atoms with Crippen LogP contribution in [-0.2, 0) is 11.3 Å². The van der Waals surface area contributed by atoms with Gasteiger partial charge in [0, 0.05) is 12.1 Å². The van der Waals surface area contributed by atoms with Crippen molar-refractivity contribution in [1.82, 2.24) is 19.7 Å². The van der Waals surface area contributed by atoms with E-state index in [1.165, 1.54) is 23.1 Å². The number of anilines is 1. The average molecular weight is 410 g/mol. The molecular weight excluding hydrogens is 390 g/mol. The van der Waals surface area contributed by atoms with Crippen LogP contribution < -0.4 is 5.32 Å². The van der Waals surface area contributed by atoms with Crippen LogP contribution in [0.15, 0.2) is 53.7 Å². The lowest BCUT2D eigenvalue weighted by Gasteiger charge is -2.09. The zero-order chi connectivity index (χ0) is 19.5. The lowest BCUT2D eigenvalue weighted by molar-refractivity contribution is -0.113.